The lowest BCUT2D eigenvalue weighted by atomic mass is 10.1. The average Bonchev–Trinajstić information content (AvgIpc) is 3.35. The first-order valence-electron chi connectivity index (χ1n) is 9.73. The van der Waals surface area contributed by atoms with Crippen molar-refractivity contribution in [1.29, 1.82) is 0 Å². The summed E-state index contributed by atoms with van der Waals surface area (Å²) in [7, 11) is 1.53. The molecule has 1 aromatic heterocycles. The Labute approximate surface area is 197 Å². The molecule has 2 aliphatic rings. The van der Waals surface area contributed by atoms with Gasteiger partial charge >= 0.3 is 0 Å². The third kappa shape index (κ3) is 3.91. The minimum Gasteiger partial charge on any atom is -0.493 e. The van der Waals surface area contributed by atoms with Crippen molar-refractivity contribution in [2.75, 3.05) is 25.6 Å². The fourth-order valence-corrected chi connectivity index (χ4v) is 4.46. The molecule has 2 aliphatic heterocycles. The maximum Gasteiger partial charge on any atom is 0.164 e. The van der Waals surface area contributed by atoms with Crippen molar-refractivity contribution in [3.63, 3.8) is 0 Å². The fourth-order valence-electron chi connectivity index (χ4n) is 3.86. The van der Waals surface area contributed by atoms with Crippen LogP contribution >= 0.6 is 34.8 Å². The highest BCUT2D eigenvalue weighted by Crippen LogP contribution is 2.39. The summed E-state index contributed by atoms with van der Waals surface area (Å²) in [6.07, 6.45) is -1.26. The van der Waals surface area contributed by atoms with Crippen molar-refractivity contribution >= 4 is 57.2 Å². The van der Waals surface area contributed by atoms with Gasteiger partial charge in [0.1, 0.15) is 24.4 Å². The van der Waals surface area contributed by atoms with E-state index in [1.54, 1.807) is 24.3 Å². The van der Waals surface area contributed by atoms with Gasteiger partial charge in [-0.25, -0.2) is 14.4 Å². The SMILES string of the molecule is COc1cc2c(Nc3cc(Cl)c(Cl)c(Cl)c3)ncnc2cc1O[C@@H]1CO[C@@H]2C1OC[C@H]2F. The smallest absolute Gasteiger partial charge is 0.164 e. The van der Waals surface area contributed by atoms with Crippen LogP contribution in [0.25, 0.3) is 10.9 Å². The third-order valence-corrected chi connectivity index (χ3v) is 6.59. The molecule has 0 aliphatic carbocycles. The number of benzene rings is 2. The maximum absolute atomic E-state index is 13.9. The number of anilines is 2. The number of nitrogens with zero attached hydrogens (tertiary/aromatic N) is 2. The van der Waals surface area contributed by atoms with Gasteiger partial charge in [0, 0.05) is 17.1 Å². The van der Waals surface area contributed by atoms with Crippen molar-refractivity contribution in [3.05, 3.63) is 45.7 Å². The van der Waals surface area contributed by atoms with E-state index in [0.29, 0.717) is 44.0 Å². The Morgan fingerprint density at radius 1 is 1.00 bits per heavy atom. The highest BCUT2D eigenvalue weighted by Gasteiger charge is 2.49. The molecular formula is C21H17Cl3FN3O4. The van der Waals surface area contributed by atoms with E-state index in [1.807, 2.05) is 0 Å². The zero-order chi connectivity index (χ0) is 22.4. The number of hydrogen-bond acceptors (Lipinski definition) is 7. The molecule has 2 saturated heterocycles. The van der Waals surface area contributed by atoms with E-state index in [4.69, 9.17) is 53.8 Å². The van der Waals surface area contributed by atoms with Crippen molar-refractivity contribution in [3.8, 4) is 11.5 Å². The Morgan fingerprint density at radius 3 is 2.50 bits per heavy atom. The van der Waals surface area contributed by atoms with E-state index in [-0.39, 0.29) is 18.2 Å². The minimum absolute atomic E-state index is 0.00499. The summed E-state index contributed by atoms with van der Waals surface area (Å²) in [5.74, 6) is 1.42. The number of alkyl halides is 1. The highest BCUT2D eigenvalue weighted by molar-refractivity contribution is 6.48. The molecule has 4 atom stereocenters. The molecular weight excluding hydrogens is 484 g/mol. The van der Waals surface area contributed by atoms with Gasteiger partial charge < -0.3 is 24.3 Å². The van der Waals surface area contributed by atoms with Crippen LogP contribution in [0, 0.1) is 0 Å². The summed E-state index contributed by atoms with van der Waals surface area (Å²) in [6, 6.07) is 6.79. The number of nitrogens with one attached hydrogen (secondary N) is 1. The van der Waals surface area contributed by atoms with Gasteiger partial charge in [-0.05, 0) is 18.2 Å². The van der Waals surface area contributed by atoms with Crippen LogP contribution in [0.3, 0.4) is 0 Å². The fraction of sp³-hybridized carbons (Fsp3) is 0.333. The van der Waals surface area contributed by atoms with E-state index in [0.717, 1.165) is 0 Å². The first kappa shape index (κ1) is 21.7. The molecule has 168 valence electrons. The summed E-state index contributed by atoms with van der Waals surface area (Å²) < 4.78 is 36.5. The highest BCUT2D eigenvalue weighted by atomic mass is 35.5. The number of fused-ring (bicyclic) bond motifs is 2. The van der Waals surface area contributed by atoms with Crippen molar-refractivity contribution in [2.24, 2.45) is 0 Å². The van der Waals surface area contributed by atoms with Gasteiger partial charge in [-0.15, -0.1) is 0 Å². The number of aromatic nitrogens is 2. The molecule has 5 rings (SSSR count). The van der Waals surface area contributed by atoms with Crippen molar-refractivity contribution in [2.45, 2.75) is 24.5 Å². The van der Waals surface area contributed by atoms with E-state index in [2.05, 4.69) is 15.3 Å². The van der Waals surface area contributed by atoms with Gasteiger partial charge in [0.25, 0.3) is 0 Å². The van der Waals surface area contributed by atoms with Gasteiger partial charge in [-0.3, -0.25) is 0 Å². The van der Waals surface area contributed by atoms with Crippen molar-refractivity contribution in [1.82, 2.24) is 9.97 Å². The number of halogens is 4. The monoisotopic (exact) mass is 499 g/mol. The minimum atomic E-state index is -1.15. The standard InChI is InChI=1S/C21H17Cl3FN3O4/c1-29-15-4-10-14(5-16(15)32-17-7-31-19-13(25)6-30-20(17)19)26-8-27-21(10)28-9-2-11(22)18(24)12(23)3-9/h2-5,8,13,17,19-20H,6-7H2,1H3,(H,26,27,28)/t13-,17-,19+,20?/m1/s1. The van der Waals surface area contributed by atoms with Crippen LogP contribution < -0.4 is 14.8 Å². The number of hydrogen-bond donors (Lipinski definition) is 1. The average molecular weight is 501 g/mol. The van der Waals surface area contributed by atoms with Crippen LogP contribution in [-0.4, -0.2) is 54.8 Å². The molecule has 1 unspecified atom stereocenters. The second-order valence-corrected chi connectivity index (χ2v) is 8.58. The third-order valence-electron chi connectivity index (χ3n) is 5.39. The molecule has 0 radical (unpaired) electrons. The van der Waals surface area contributed by atoms with Crippen LogP contribution in [0.15, 0.2) is 30.6 Å². The molecule has 1 N–H and O–H groups in total. The predicted molar refractivity (Wildman–Crippen MR) is 120 cm³/mol. The van der Waals surface area contributed by atoms with Crippen LogP contribution in [0.2, 0.25) is 15.1 Å². The summed E-state index contributed by atoms with van der Waals surface area (Å²) in [5.41, 5.74) is 1.22. The Kier molecular flexibility index (Phi) is 5.90. The van der Waals surface area contributed by atoms with Gasteiger partial charge in [0.05, 0.1) is 40.9 Å². The first-order valence-corrected chi connectivity index (χ1v) is 10.9. The molecule has 0 saturated carbocycles. The summed E-state index contributed by atoms with van der Waals surface area (Å²) >= 11 is 18.3. The van der Waals surface area contributed by atoms with Crippen LogP contribution in [0.4, 0.5) is 15.9 Å². The Bertz CT molecular complexity index is 1160. The molecule has 2 fully saturated rings. The summed E-state index contributed by atoms with van der Waals surface area (Å²) in [6.45, 7) is 0.233. The second-order valence-electron chi connectivity index (χ2n) is 7.39. The first-order chi connectivity index (χ1) is 15.4. The number of ether oxygens (including phenoxy) is 4. The van der Waals surface area contributed by atoms with Gasteiger partial charge in [-0.2, -0.15) is 0 Å². The Balaban J connectivity index is 1.46. The van der Waals surface area contributed by atoms with E-state index >= 15 is 0 Å². The molecule has 7 nitrogen and oxygen atoms in total. The lowest BCUT2D eigenvalue weighted by Gasteiger charge is -2.20. The lowest BCUT2D eigenvalue weighted by Crippen LogP contribution is -2.33. The predicted octanol–water partition coefficient (Wildman–Crippen LogP) is 5.23. The molecule has 32 heavy (non-hydrogen) atoms. The molecule has 3 aromatic rings. The Morgan fingerprint density at radius 2 is 1.75 bits per heavy atom. The molecule has 0 bridgehead atoms. The van der Waals surface area contributed by atoms with Crippen LogP contribution in [0.1, 0.15) is 0 Å². The second kappa shape index (κ2) is 8.68. The quantitative estimate of drug-likeness (QED) is 0.481. The maximum atomic E-state index is 13.9. The summed E-state index contributed by atoms with van der Waals surface area (Å²) in [5, 5.41) is 4.76. The number of methoxy groups -OCH3 is 1. The number of rotatable bonds is 5. The van der Waals surface area contributed by atoms with Crippen LogP contribution in [-0.2, 0) is 9.47 Å². The molecule has 2 aromatic carbocycles. The normalized spacial score (nSPS) is 24.5. The van der Waals surface area contributed by atoms with Crippen LogP contribution in [0.5, 0.6) is 11.5 Å². The summed E-state index contributed by atoms with van der Waals surface area (Å²) in [4.78, 5) is 8.66. The van der Waals surface area contributed by atoms with Gasteiger partial charge in [-0.1, -0.05) is 34.8 Å². The Hall–Kier alpha value is -2.10. The largest absolute Gasteiger partial charge is 0.493 e. The molecule has 3 heterocycles. The lowest BCUT2D eigenvalue weighted by molar-refractivity contribution is 0.0271. The van der Waals surface area contributed by atoms with E-state index in [1.165, 1.54) is 13.4 Å². The van der Waals surface area contributed by atoms with Crippen molar-refractivity contribution < 1.29 is 23.3 Å². The van der Waals surface area contributed by atoms with Gasteiger partial charge in [0.15, 0.2) is 23.8 Å². The molecule has 0 spiro atoms. The zero-order valence-corrected chi connectivity index (χ0v) is 18.9. The molecule has 0 amide bonds. The zero-order valence-electron chi connectivity index (χ0n) is 16.6. The topological polar surface area (TPSA) is 74.7 Å². The van der Waals surface area contributed by atoms with E-state index < -0.39 is 24.5 Å². The van der Waals surface area contributed by atoms with E-state index in [9.17, 15) is 4.39 Å². The van der Waals surface area contributed by atoms with Gasteiger partial charge in [0.2, 0.25) is 0 Å². The molecule has 11 heteroatoms.